The van der Waals surface area contributed by atoms with Gasteiger partial charge in [-0.15, -0.1) is 0 Å². The maximum absolute atomic E-state index is 6.07. The third-order valence-corrected chi connectivity index (χ3v) is 3.51. The zero-order valence-corrected chi connectivity index (χ0v) is 12.5. The summed E-state index contributed by atoms with van der Waals surface area (Å²) in [7, 11) is 3.70. The van der Waals surface area contributed by atoms with E-state index in [1.807, 2.05) is 49.5 Å². The SMILES string of the molecule is COc1ccc(N(C)c2ccc(Cl)cc2CCN)cc1. The average Bonchev–Trinajstić information content (AvgIpc) is 2.47. The minimum atomic E-state index is 0.601. The molecule has 0 saturated carbocycles. The van der Waals surface area contributed by atoms with Crippen molar-refractivity contribution in [2.45, 2.75) is 6.42 Å². The number of anilines is 2. The molecule has 0 aliphatic rings. The van der Waals surface area contributed by atoms with Gasteiger partial charge in [0.2, 0.25) is 0 Å². The van der Waals surface area contributed by atoms with E-state index in [1.54, 1.807) is 7.11 Å². The first-order chi connectivity index (χ1) is 9.65. The summed E-state index contributed by atoms with van der Waals surface area (Å²) >= 11 is 6.07. The molecule has 0 atom stereocenters. The van der Waals surface area contributed by atoms with Crippen molar-refractivity contribution in [2.24, 2.45) is 5.73 Å². The molecule has 3 nitrogen and oxygen atoms in total. The second-order valence-corrected chi connectivity index (χ2v) is 5.01. The molecular formula is C16H19ClN2O. The molecule has 0 aliphatic carbocycles. The fraction of sp³-hybridized carbons (Fsp3) is 0.250. The fourth-order valence-electron chi connectivity index (χ4n) is 2.18. The van der Waals surface area contributed by atoms with Crippen LogP contribution >= 0.6 is 11.6 Å². The van der Waals surface area contributed by atoms with E-state index in [9.17, 15) is 0 Å². The average molecular weight is 291 g/mol. The summed E-state index contributed by atoms with van der Waals surface area (Å²) in [6, 6.07) is 13.9. The van der Waals surface area contributed by atoms with E-state index in [0.29, 0.717) is 6.54 Å². The standard InChI is InChI=1S/C16H19ClN2O/c1-19(14-4-6-15(20-2)7-5-14)16-8-3-13(17)11-12(16)9-10-18/h3-8,11H,9-10,18H2,1-2H3. The Morgan fingerprint density at radius 3 is 2.45 bits per heavy atom. The van der Waals surface area contributed by atoms with Crippen molar-refractivity contribution in [1.29, 1.82) is 0 Å². The van der Waals surface area contributed by atoms with Gasteiger partial charge in [-0.3, -0.25) is 0 Å². The molecular weight excluding hydrogens is 272 g/mol. The molecule has 0 radical (unpaired) electrons. The number of halogens is 1. The highest BCUT2D eigenvalue weighted by molar-refractivity contribution is 6.30. The predicted molar refractivity (Wildman–Crippen MR) is 85.3 cm³/mol. The Balaban J connectivity index is 2.33. The van der Waals surface area contributed by atoms with Gasteiger partial charge in [0.05, 0.1) is 7.11 Å². The van der Waals surface area contributed by atoms with Gasteiger partial charge < -0.3 is 15.4 Å². The van der Waals surface area contributed by atoms with Crippen LogP contribution in [0.15, 0.2) is 42.5 Å². The number of nitrogens with zero attached hydrogens (tertiary/aromatic N) is 1. The fourth-order valence-corrected chi connectivity index (χ4v) is 2.38. The van der Waals surface area contributed by atoms with Gasteiger partial charge >= 0.3 is 0 Å². The smallest absolute Gasteiger partial charge is 0.119 e. The molecule has 0 aromatic heterocycles. The number of methoxy groups -OCH3 is 1. The Labute approximate surface area is 124 Å². The van der Waals surface area contributed by atoms with Gasteiger partial charge in [-0.2, -0.15) is 0 Å². The minimum absolute atomic E-state index is 0.601. The molecule has 0 heterocycles. The number of hydrogen-bond acceptors (Lipinski definition) is 3. The van der Waals surface area contributed by atoms with Gasteiger partial charge in [0, 0.05) is 23.4 Å². The molecule has 2 aromatic rings. The zero-order valence-electron chi connectivity index (χ0n) is 11.8. The minimum Gasteiger partial charge on any atom is -0.497 e. The normalized spacial score (nSPS) is 10.4. The van der Waals surface area contributed by atoms with Crippen LogP contribution < -0.4 is 15.4 Å². The van der Waals surface area contributed by atoms with E-state index < -0.39 is 0 Å². The molecule has 0 fully saturated rings. The van der Waals surface area contributed by atoms with Crippen molar-refractivity contribution in [3.8, 4) is 5.75 Å². The first kappa shape index (κ1) is 14.7. The lowest BCUT2D eigenvalue weighted by molar-refractivity contribution is 0.415. The van der Waals surface area contributed by atoms with Crippen LogP contribution in [0.4, 0.5) is 11.4 Å². The van der Waals surface area contributed by atoms with Crippen LogP contribution in [0.3, 0.4) is 0 Å². The summed E-state index contributed by atoms with van der Waals surface area (Å²) in [5, 5.41) is 0.736. The molecule has 0 unspecified atom stereocenters. The zero-order chi connectivity index (χ0) is 14.5. The molecule has 2 aromatic carbocycles. The van der Waals surface area contributed by atoms with Crippen LogP contribution in [0.1, 0.15) is 5.56 Å². The Morgan fingerprint density at radius 2 is 1.85 bits per heavy atom. The summed E-state index contributed by atoms with van der Waals surface area (Å²) in [5.41, 5.74) is 9.03. The van der Waals surface area contributed by atoms with E-state index in [2.05, 4.69) is 4.90 Å². The number of hydrogen-bond donors (Lipinski definition) is 1. The van der Waals surface area contributed by atoms with Crippen LogP contribution in [0.25, 0.3) is 0 Å². The lowest BCUT2D eigenvalue weighted by Gasteiger charge is -2.23. The maximum atomic E-state index is 6.07. The highest BCUT2D eigenvalue weighted by Crippen LogP contribution is 2.30. The lowest BCUT2D eigenvalue weighted by atomic mass is 10.1. The van der Waals surface area contributed by atoms with E-state index in [4.69, 9.17) is 22.1 Å². The molecule has 0 spiro atoms. The second kappa shape index (κ2) is 6.64. The van der Waals surface area contributed by atoms with Crippen molar-refractivity contribution >= 4 is 23.0 Å². The third-order valence-electron chi connectivity index (χ3n) is 3.28. The second-order valence-electron chi connectivity index (χ2n) is 4.57. The van der Waals surface area contributed by atoms with Gasteiger partial charge in [0.25, 0.3) is 0 Å². The van der Waals surface area contributed by atoms with Crippen molar-refractivity contribution in [1.82, 2.24) is 0 Å². The van der Waals surface area contributed by atoms with Gasteiger partial charge in [-0.1, -0.05) is 11.6 Å². The first-order valence-corrected chi connectivity index (χ1v) is 6.89. The van der Waals surface area contributed by atoms with Gasteiger partial charge in [-0.05, 0) is 61.0 Å². The largest absolute Gasteiger partial charge is 0.497 e. The third kappa shape index (κ3) is 3.24. The Morgan fingerprint density at radius 1 is 1.15 bits per heavy atom. The van der Waals surface area contributed by atoms with Crippen LogP contribution in [-0.4, -0.2) is 20.7 Å². The maximum Gasteiger partial charge on any atom is 0.119 e. The van der Waals surface area contributed by atoms with E-state index in [0.717, 1.165) is 34.1 Å². The van der Waals surface area contributed by atoms with Crippen LogP contribution in [0.2, 0.25) is 5.02 Å². The number of ether oxygens (including phenoxy) is 1. The van der Waals surface area contributed by atoms with Crippen LogP contribution in [0, 0.1) is 0 Å². The Bertz CT molecular complexity index is 569. The molecule has 0 amide bonds. The number of nitrogens with two attached hydrogens (primary N) is 1. The van der Waals surface area contributed by atoms with Crippen molar-refractivity contribution < 1.29 is 4.74 Å². The van der Waals surface area contributed by atoms with Crippen LogP contribution in [0.5, 0.6) is 5.75 Å². The highest BCUT2D eigenvalue weighted by Gasteiger charge is 2.09. The molecule has 2 N–H and O–H groups in total. The topological polar surface area (TPSA) is 38.5 Å². The predicted octanol–water partition coefficient (Wildman–Crippen LogP) is 3.62. The summed E-state index contributed by atoms with van der Waals surface area (Å²) in [5.74, 6) is 0.848. The van der Waals surface area contributed by atoms with E-state index in [1.165, 1.54) is 0 Å². The molecule has 0 saturated heterocycles. The van der Waals surface area contributed by atoms with Crippen molar-refractivity contribution in [3.63, 3.8) is 0 Å². The van der Waals surface area contributed by atoms with E-state index >= 15 is 0 Å². The lowest BCUT2D eigenvalue weighted by Crippen LogP contribution is -2.13. The molecule has 0 bridgehead atoms. The highest BCUT2D eigenvalue weighted by atomic mass is 35.5. The van der Waals surface area contributed by atoms with Crippen molar-refractivity contribution in [3.05, 3.63) is 53.1 Å². The van der Waals surface area contributed by atoms with Gasteiger partial charge in [-0.25, -0.2) is 0 Å². The van der Waals surface area contributed by atoms with Gasteiger partial charge in [0.15, 0.2) is 0 Å². The Kier molecular flexibility index (Phi) is 4.88. The summed E-state index contributed by atoms with van der Waals surface area (Å²) in [6.07, 6.45) is 0.802. The summed E-state index contributed by atoms with van der Waals surface area (Å²) in [6.45, 7) is 0.601. The molecule has 20 heavy (non-hydrogen) atoms. The number of rotatable bonds is 5. The van der Waals surface area contributed by atoms with Gasteiger partial charge in [0.1, 0.15) is 5.75 Å². The molecule has 106 valence electrons. The molecule has 0 aliphatic heterocycles. The monoisotopic (exact) mass is 290 g/mol. The molecule has 4 heteroatoms. The first-order valence-electron chi connectivity index (χ1n) is 6.52. The van der Waals surface area contributed by atoms with Crippen LogP contribution in [-0.2, 0) is 6.42 Å². The van der Waals surface area contributed by atoms with Crippen molar-refractivity contribution in [2.75, 3.05) is 25.6 Å². The quantitative estimate of drug-likeness (QED) is 0.914. The summed E-state index contributed by atoms with van der Waals surface area (Å²) < 4.78 is 5.18. The van der Waals surface area contributed by atoms with E-state index in [-0.39, 0.29) is 0 Å². The Hall–Kier alpha value is -1.71. The molecule has 2 rings (SSSR count). The number of benzene rings is 2. The summed E-state index contributed by atoms with van der Waals surface area (Å²) in [4.78, 5) is 2.13.